The van der Waals surface area contributed by atoms with Crippen LogP contribution in [-0.4, -0.2) is 37.0 Å². The van der Waals surface area contributed by atoms with Crippen molar-refractivity contribution in [3.05, 3.63) is 63.5 Å². The molecule has 0 saturated heterocycles. The van der Waals surface area contributed by atoms with Gasteiger partial charge in [0.25, 0.3) is 5.56 Å². The average molecular weight is 449 g/mol. The predicted molar refractivity (Wildman–Crippen MR) is 120 cm³/mol. The lowest BCUT2D eigenvalue weighted by Crippen LogP contribution is -2.20. The van der Waals surface area contributed by atoms with E-state index < -0.39 is 17.4 Å². The molecule has 0 saturated carbocycles. The molecule has 0 bridgehead atoms. The van der Waals surface area contributed by atoms with Gasteiger partial charge in [0.15, 0.2) is 17.5 Å². The molecule has 3 rings (SSSR count). The average Bonchev–Trinajstić information content (AvgIpc) is 3.24. The van der Waals surface area contributed by atoms with Crippen LogP contribution < -0.4 is 5.56 Å². The third-order valence-corrected chi connectivity index (χ3v) is 4.82. The van der Waals surface area contributed by atoms with Crippen molar-refractivity contribution in [3.63, 3.8) is 0 Å². The van der Waals surface area contributed by atoms with Crippen molar-refractivity contribution in [3.8, 4) is 11.7 Å². The van der Waals surface area contributed by atoms with Crippen LogP contribution in [0.15, 0.2) is 45.6 Å². The number of carbonyl (C=O) groups excluding carboxylic acids is 1. The second kappa shape index (κ2) is 10.3. The number of hydrogen-bond acceptors (Lipinski definition) is 8. The summed E-state index contributed by atoms with van der Waals surface area (Å²) >= 11 is 0. The Morgan fingerprint density at radius 2 is 2.09 bits per heavy atom. The molecule has 170 valence electrons. The van der Waals surface area contributed by atoms with Gasteiger partial charge in [0.2, 0.25) is 5.69 Å². The van der Waals surface area contributed by atoms with E-state index in [1.54, 1.807) is 31.3 Å². The number of hydrogen-bond donors (Lipinski definition) is 1. The fourth-order valence-electron chi connectivity index (χ4n) is 3.10. The van der Waals surface area contributed by atoms with Crippen LogP contribution in [-0.2, 0) is 11.3 Å². The fourth-order valence-corrected chi connectivity index (χ4v) is 3.10. The van der Waals surface area contributed by atoms with Crippen LogP contribution in [0, 0.1) is 13.5 Å². The lowest BCUT2D eigenvalue weighted by atomic mass is 10.2. The van der Waals surface area contributed by atoms with Crippen LogP contribution >= 0.6 is 0 Å². The van der Waals surface area contributed by atoms with Gasteiger partial charge in [-0.3, -0.25) is 9.36 Å². The first-order valence-corrected chi connectivity index (χ1v) is 10.4. The topological polar surface area (TPSA) is 128 Å². The summed E-state index contributed by atoms with van der Waals surface area (Å²) in [5, 5.41) is 22.8. The highest BCUT2D eigenvalue weighted by atomic mass is 16.5. The molecular weight excluding hydrogens is 426 g/mol. The maximum atomic E-state index is 13.0. The standard InChI is InChI=1S/C22H23N7O4/c1-5-7-12-28-20(30)17(23-4)14(3)18(21(28)31)26-27-19-15(22(32)33-6-2)13-25-29(19)16-10-8-9-11-24-16/h8-11,13,30H,5-7,12H2,1-3H3. The second-order valence-electron chi connectivity index (χ2n) is 6.97. The van der Waals surface area contributed by atoms with Gasteiger partial charge in [0, 0.05) is 12.7 Å². The summed E-state index contributed by atoms with van der Waals surface area (Å²) in [6.45, 7) is 12.9. The van der Waals surface area contributed by atoms with E-state index >= 15 is 0 Å². The third kappa shape index (κ3) is 4.64. The largest absolute Gasteiger partial charge is 0.503 e. The van der Waals surface area contributed by atoms with Crippen molar-refractivity contribution >= 4 is 23.2 Å². The van der Waals surface area contributed by atoms with E-state index in [4.69, 9.17) is 11.3 Å². The molecule has 11 heteroatoms. The summed E-state index contributed by atoms with van der Waals surface area (Å²) in [5.74, 6) is -0.654. The van der Waals surface area contributed by atoms with Crippen LogP contribution in [0.25, 0.3) is 10.7 Å². The number of ether oxygens (including phenoxy) is 1. The molecule has 1 N–H and O–H groups in total. The van der Waals surface area contributed by atoms with E-state index in [1.807, 2.05) is 6.92 Å². The number of aromatic nitrogens is 4. The smallest absolute Gasteiger partial charge is 0.343 e. The highest BCUT2D eigenvalue weighted by molar-refractivity contribution is 5.94. The third-order valence-electron chi connectivity index (χ3n) is 4.82. The van der Waals surface area contributed by atoms with Crippen LogP contribution in [0.2, 0.25) is 0 Å². The molecular formula is C22H23N7O4. The van der Waals surface area contributed by atoms with Crippen molar-refractivity contribution in [1.82, 2.24) is 19.3 Å². The number of nitrogens with zero attached hydrogens (tertiary/aromatic N) is 7. The summed E-state index contributed by atoms with van der Waals surface area (Å²) in [5.41, 5.74) is -0.553. The Morgan fingerprint density at radius 1 is 1.30 bits per heavy atom. The van der Waals surface area contributed by atoms with Gasteiger partial charge >= 0.3 is 5.97 Å². The molecule has 0 aliphatic rings. The molecule has 0 aliphatic heterocycles. The Labute approximate surface area is 189 Å². The minimum atomic E-state index is -0.654. The van der Waals surface area contributed by atoms with Crippen molar-refractivity contribution in [2.75, 3.05) is 6.61 Å². The minimum absolute atomic E-state index is 0.0171. The predicted octanol–water partition coefficient (Wildman–Crippen LogP) is 4.39. The highest BCUT2D eigenvalue weighted by Gasteiger charge is 2.22. The van der Waals surface area contributed by atoms with E-state index in [9.17, 15) is 14.7 Å². The molecule has 0 radical (unpaired) electrons. The number of pyridine rings is 2. The Balaban J connectivity index is 2.19. The van der Waals surface area contributed by atoms with Gasteiger partial charge in [-0.05, 0) is 38.0 Å². The summed E-state index contributed by atoms with van der Waals surface area (Å²) < 4.78 is 7.49. The molecule has 0 aromatic carbocycles. The number of aromatic hydroxyl groups is 1. The first kappa shape index (κ1) is 23.3. The lowest BCUT2D eigenvalue weighted by molar-refractivity contribution is 0.0527. The van der Waals surface area contributed by atoms with Crippen molar-refractivity contribution in [2.45, 2.75) is 40.2 Å². The van der Waals surface area contributed by atoms with Gasteiger partial charge in [-0.25, -0.2) is 14.6 Å². The van der Waals surface area contributed by atoms with Crippen LogP contribution in [0.3, 0.4) is 0 Å². The Bertz CT molecular complexity index is 1290. The molecule has 33 heavy (non-hydrogen) atoms. The monoisotopic (exact) mass is 449 g/mol. The fraction of sp³-hybridized carbons (Fsp3) is 0.318. The van der Waals surface area contributed by atoms with Crippen molar-refractivity contribution in [1.29, 1.82) is 0 Å². The van der Waals surface area contributed by atoms with Crippen LogP contribution in [0.5, 0.6) is 5.88 Å². The number of rotatable bonds is 8. The minimum Gasteiger partial charge on any atom is -0.503 e. The summed E-state index contributed by atoms with van der Waals surface area (Å²) in [4.78, 5) is 33.0. The van der Waals surface area contributed by atoms with E-state index in [1.165, 1.54) is 17.8 Å². The van der Waals surface area contributed by atoms with Crippen LogP contribution in [0.1, 0.15) is 42.6 Å². The summed E-state index contributed by atoms with van der Waals surface area (Å²) in [7, 11) is 0. The number of carbonyl (C=O) groups is 1. The van der Waals surface area contributed by atoms with E-state index in [0.29, 0.717) is 12.2 Å². The molecule has 0 fully saturated rings. The zero-order valence-electron chi connectivity index (χ0n) is 18.5. The number of azo groups is 1. The quantitative estimate of drug-likeness (QED) is 0.309. The van der Waals surface area contributed by atoms with Gasteiger partial charge in [-0.15, -0.1) is 10.2 Å². The zero-order chi connectivity index (χ0) is 24.0. The Morgan fingerprint density at radius 3 is 2.73 bits per heavy atom. The summed E-state index contributed by atoms with van der Waals surface area (Å²) in [6, 6.07) is 5.14. The maximum absolute atomic E-state index is 13.0. The van der Waals surface area contributed by atoms with Gasteiger partial charge in [0.05, 0.1) is 19.4 Å². The van der Waals surface area contributed by atoms with Gasteiger partial charge in [-0.1, -0.05) is 19.4 Å². The molecule has 0 amide bonds. The second-order valence-corrected chi connectivity index (χ2v) is 6.97. The van der Waals surface area contributed by atoms with Crippen molar-refractivity contribution < 1.29 is 14.6 Å². The number of esters is 1. The van der Waals surface area contributed by atoms with Gasteiger partial charge in [0.1, 0.15) is 11.3 Å². The Hall–Kier alpha value is -4.33. The molecule has 3 aromatic rings. The van der Waals surface area contributed by atoms with E-state index in [0.717, 1.165) is 11.0 Å². The van der Waals surface area contributed by atoms with Gasteiger partial charge < -0.3 is 9.84 Å². The molecule has 0 unspecified atom stereocenters. The Kier molecular flexibility index (Phi) is 7.30. The van der Waals surface area contributed by atoms with E-state index in [2.05, 4.69) is 25.2 Å². The van der Waals surface area contributed by atoms with Gasteiger partial charge in [-0.2, -0.15) is 9.78 Å². The first-order valence-electron chi connectivity index (χ1n) is 10.4. The van der Waals surface area contributed by atoms with Crippen LogP contribution in [0.4, 0.5) is 17.2 Å². The molecule has 0 atom stereocenters. The molecule has 11 nitrogen and oxygen atoms in total. The number of unbranched alkanes of at least 4 members (excludes halogenated alkanes) is 1. The molecule has 0 spiro atoms. The maximum Gasteiger partial charge on any atom is 0.343 e. The summed E-state index contributed by atoms with van der Waals surface area (Å²) in [6.07, 6.45) is 4.26. The first-order chi connectivity index (χ1) is 15.9. The SMILES string of the molecule is [C-]#[N+]c1c(C)c(N=Nc2c(C(=O)OCC)cnn2-c2ccccn2)c(=O)n(CCCC)c1O. The molecule has 0 aliphatic carbocycles. The molecule has 3 aromatic heterocycles. The zero-order valence-corrected chi connectivity index (χ0v) is 18.5. The highest BCUT2D eigenvalue weighted by Crippen LogP contribution is 2.35. The lowest BCUT2D eigenvalue weighted by Gasteiger charge is -2.12. The normalized spacial score (nSPS) is 11.0. The van der Waals surface area contributed by atoms with Crippen molar-refractivity contribution in [2.24, 2.45) is 10.2 Å². The molecule has 3 heterocycles. The van der Waals surface area contributed by atoms with E-state index in [-0.39, 0.29) is 41.5 Å².